The van der Waals surface area contributed by atoms with Gasteiger partial charge < -0.3 is 24.8 Å². The second-order valence-corrected chi connectivity index (χ2v) is 6.51. The molecule has 26 heavy (non-hydrogen) atoms. The van der Waals surface area contributed by atoms with Crippen molar-refractivity contribution in [1.29, 1.82) is 0 Å². The van der Waals surface area contributed by atoms with E-state index in [1.807, 2.05) is 38.1 Å². The van der Waals surface area contributed by atoms with Crippen LogP contribution in [0, 0.1) is 0 Å². The summed E-state index contributed by atoms with van der Waals surface area (Å²) in [5.41, 5.74) is 1.68. The second-order valence-electron chi connectivity index (χ2n) is 6.51. The van der Waals surface area contributed by atoms with E-state index in [2.05, 4.69) is 10.6 Å². The number of hydrogen-bond acceptors (Lipinski definition) is 5. The monoisotopic (exact) mass is 356 g/mol. The van der Waals surface area contributed by atoms with E-state index in [4.69, 9.17) is 14.2 Å². The van der Waals surface area contributed by atoms with Crippen LogP contribution in [0.3, 0.4) is 0 Å². The van der Waals surface area contributed by atoms with Crippen LogP contribution in [0.25, 0.3) is 0 Å². The molecular weight excluding hydrogens is 332 g/mol. The number of carbonyl (C=O) groups is 1. The first kappa shape index (κ1) is 18.1. The Hall–Kier alpha value is -2.73. The fraction of sp³-hybridized carbons (Fsp3) is 0.350. The van der Waals surface area contributed by atoms with Gasteiger partial charge in [-0.25, -0.2) is 0 Å². The summed E-state index contributed by atoms with van der Waals surface area (Å²) in [6.07, 6.45) is 0. The molecular formula is C20H24N2O4. The Morgan fingerprint density at radius 2 is 2.15 bits per heavy atom. The van der Waals surface area contributed by atoms with Crippen molar-refractivity contribution in [1.82, 2.24) is 0 Å². The summed E-state index contributed by atoms with van der Waals surface area (Å²) in [6.45, 7) is 5.68. The second kappa shape index (κ2) is 7.66. The van der Waals surface area contributed by atoms with Crippen molar-refractivity contribution in [2.24, 2.45) is 0 Å². The average molecular weight is 356 g/mol. The Balaban J connectivity index is 1.75. The highest BCUT2D eigenvalue weighted by Crippen LogP contribution is 2.33. The number of nitrogens with one attached hydrogen (secondary N) is 2. The fourth-order valence-electron chi connectivity index (χ4n) is 2.80. The van der Waals surface area contributed by atoms with Crippen molar-refractivity contribution in [2.45, 2.75) is 19.4 Å². The third-order valence-corrected chi connectivity index (χ3v) is 4.18. The van der Waals surface area contributed by atoms with Crippen molar-refractivity contribution in [2.75, 3.05) is 37.6 Å². The molecule has 0 radical (unpaired) electrons. The van der Waals surface area contributed by atoms with Gasteiger partial charge in [-0.3, -0.25) is 4.79 Å². The van der Waals surface area contributed by atoms with E-state index in [9.17, 15) is 4.79 Å². The smallest absolute Gasteiger partial charge is 0.255 e. The standard InChI is InChI=1S/C20H24N2O4/c1-4-25-12-20(2)13-26-18-9-8-14(10-17(18)22-20)19(23)21-15-6-5-7-16(11-15)24-3/h5-11,22H,4,12-13H2,1-3H3,(H,21,23). The molecule has 6 heteroatoms. The molecule has 0 saturated heterocycles. The Bertz CT molecular complexity index is 793. The molecule has 0 aromatic heterocycles. The van der Waals surface area contributed by atoms with E-state index in [0.29, 0.717) is 36.8 Å². The van der Waals surface area contributed by atoms with Gasteiger partial charge in [0.05, 0.1) is 24.9 Å². The van der Waals surface area contributed by atoms with Gasteiger partial charge in [-0.15, -0.1) is 0 Å². The van der Waals surface area contributed by atoms with Gasteiger partial charge in [-0.05, 0) is 44.2 Å². The summed E-state index contributed by atoms with van der Waals surface area (Å²) in [6, 6.07) is 12.6. The Kier molecular flexibility index (Phi) is 5.32. The Morgan fingerprint density at radius 3 is 2.92 bits per heavy atom. The van der Waals surface area contributed by atoms with Gasteiger partial charge in [0.15, 0.2) is 0 Å². The number of rotatable bonds is 6. The fourth-order valence-corrected chi connectivity index (χ4v) is 2.80. The van der Waals surface area contributed by atoms with Gasteiger partial charge in [-0.1, -0.05) is 6.07 Å². The van der Waals surface area contributed by atoms with Crippen LogP contribution in [-0.2, 0) is 4.74 Å². The lowest BCUT2D eigenvalue weighted by molar-refractivity contribution is 0.0808. The van der Waals surface area contributed by atoms with Crippen molar-refractivity contribution in [3.05, 3.63) is 48.0 Å². The van der Waals surface area contributed by atoms with Crippen molar-refractivity contribution < 1.29 is 19.0 Å². The number of benzene rings is 2. The molecule has 1 aliphatic heterocycles. The predicted octanol–water partition coefficient (Wildman–Crippen LogP) is 3.55. The highest BCUT2D eigenvalue weighted by Gasteiger charge is 2.31. The molecule has 0 spiro atoms. The normalized spacial score (nSPS) is 18.3. The molecule has 1 atom stereocenters. The lowest BCUT2D eigenvalue weighted by Crippen LogP contribution is -2.48. The van der Waals surface area contributed by atoms with Crippen LogP contribution >= 0.6 is 0 Å². The van der Waals surface area contributed by atoms with E-state index >= 15 is 0 Å². The minimum Gasteiger partial charge on any atom is -0.497 e. The van der Waals surface area contributed by atoms with Crippen LogP contribution in [0.5, 0.6) is 11.5 Å². The van der Waals surface area contributed by atoms with Crippen molar-refractivity contribution in [3.63, 3.8) is 0 Å². The predicted molar refractivity (Wildman–Crippen MR) is 101 cm³/mol. The summed E-state index contributed by atoms with van der Waals surface area (Å²) in [5, 5.41) is 6.32. The molecule has 1 aliphatic rings. The number of anilines is 2. The largest absolute Gasteiger partial charge is 0.497 e. The average Bonchev–Trinajstić information content (AvgIpc) is 2.66. The van der Waals surface area contributed by atoms with E-state index in [-0.39, 0.29) is 11.4 Å². The number of carbonyl (C=O) groups excluding carboxylic acids is 1. The van der Waals surface area contributed by atoms with Gasteiger partial charge >= 0.3 is 0 Å². The Morgan fingerprint density at radius 1 is 1.31 bits per heavy atom. The summed E-state index contributed by atoms with van der Waals surface area (Å²) < 4.78 is 16.5. The third kappa shape index (κ3) is 4.08. The third-order valence-electron chi connectivity index (χ3n) is 4.18. The Labute approximate surface area is 153 Å². The van der Waals surface area contributed by atoms with Crippen LogP contribution < -0.4 is 20.1 Å². The summed E-state index contributed by atoms with van der Waals surface area (Å²) >= 11 is 0. The van der Waals surface area contributed by atoms with E-state index < -0.39 is 0 Å². The zero-order chi connectivity index (χ0) is 18.6. The number of amides is 1. The van der Waals surface area contributed by atoms with E-state index in [1.54, 1.807) is 25.3 Å². The van der Waals surface area contributed by atoms with Crippen molar-refractivity contribution in [3.8, 4) is 11.5 Å². The molecule has 2 aromatic rings. The quantitative estimate of drug-likeness (QED) is 0.828. The van der Waals surface area contributed by atoms with Gasteiger partial charge in [-0.2, -0.15) is 0 Å². The maximum Gasteiger partial charge on any atom is 0.255 e. The van der Waals surface area contributed by atoms with Gasteiger partial charge in [0.25, 0.3) is 5.91 Å². The van der Waals surface area contributed by atoms with Crippen LogP contribution in [0.2, 0.25) is 0 Å². The van der Waals surface area contributed by atoms with Crippen molar-refractivity contribution >= 4 is 17.3 Å². The molecule has 3 rings (SSSR count). The molecule has 2 aromatic carbocycles. The van der Waals surface area contributed by atoms with Crippen LogP contribution in [0.4, 0.5) is 11.4 Å². The first-order chi connectivity index (χ1) is 12.5. The highest BCUT2D eigenvalue weighted by molar-refractivity contribution is 6.05. The topological polar surface area (TPSA) is 68.8 Å². The first-order valence-electron chi connectivity index (χ1n) is 8.61. The van der Waals surface area contributed by atoms with Gasteiger partial charge in [0.1, 0.15) is 18.1 Å². The molecule has 0 fully saturated rings. The van der Waals surface area contributed by atoms with Crippen LogP contribution in [-0.4, -0.2) is 38.4 Å². The summed E-state index contributed by atoms with van der Waals surface area (Å²) in [4.78, 5) is 12.6. The molecule has 0 bridgehead atoms. The molecule has 0 aliphatic carbocycles. The zero-order valence-electron chi connectivity index (χ0n) is 15.3. The maximum atomic E-state index is 12.6. The van der Waals surface area contributed by atoms with Crippen LogP contribution in [0.15, 0.2) is 42.5 Å². The minimum absolute atomic E-state index is 0.195. The van der Waals surface area contributed by atoms with E-state index in [1.165, 1.54) is 0 Å². The molecule has 1 amide bonds. The highest BCUT2D eigenvalue weighted by atomic mass is 16.5. The lowest BCUT2D eigenvalue weighted by Gasteiger charge is -2.36. The minimum atomic E-state index is -0.328. The first-order valence-corrected chi connectivity index (χ1v) is 8.61. The van der Waals surface area contributed by atoms with E-state index in [0.717, 1.165) is 11.4 Å². The molecule has 1 heterocycles. The lowest BCUT2D eigenvalue weighted by atomic mass is 10.0. The number of fused-ring (bicyclic) bond motifs is 1. The maximum absolute atomic E-state index is 12.6. The SMILES string of the molecule is CCOCC1(C)COc2ccc(C(=O)Nc3cccc(OC)c3)cc2N1. The molecule has 138 valence electrons. The molecule has 0 saturated carbocycles. The molecule has 6 nitrogen and oxygen atoms in total. The molecule has 2 N–H and O–H groups in total. The summed E-state index contributed by atoms with van der Waals surface area (Å²) in [7, 11) is 1.59. The van der Waals surface area contributed by atoms with Crippen LogP contribution in [0.1, 0.15) is 24.2 Å². The van der Waals surface area contributed by atoms with Gasteiger partial charge in [0.2, 0.25) is 0 Å². The number of hydrogen-bond donors (Lipinski definition) is 2. The number of methoxy groups -OCH3 is 1. The van der Waals surface area contributed by atoms with Gasteiger partial charge in [0, 0.05) is 23.9 Å². The molecule has 1 unspecified atom stereocenters. The summed E-state index contributed by atoms with van der Waals surface area (Å²) in [5.74, 6) is 1.23. The number of ether oxygens (including phenoxy) is 3. The zero-order valence-corrected chi connectivity index (χ0v) is 15.3.